The summed E-state index contributed by atoms with van der Waals surface area (Å²) in [5.74, 6) is 0.112. The molecule has 13 heteroatoms. The summed E-state index contributed by atoms with van der Waals surface area (Å²) in [6.45, 7) is 6.60. The molecule has 13 nitrogen and oxygen atoms in total. The van der Waals surface area contributed by atoms with Gasteiger partial charge in [0, 0.05) is 25.2 Å². The van der Waals surface area contributed by atoms with Gasteiger partial charge in [-0.2, -0.15) is 0 Å². The molecule has 0 saturated carbocycles. The predicted molar refractivity (Wildman–Crippen MR) is 143 cm³/mol. The number of nitrogens with one attached hydrogen (secondary N) is 8. The van der Waals surface area contributed by atoms with Gasteiger partial charge in [-0.05, 0) is 30.9 Å². The van der Waals surface area contributed by atoms with Crippen LogP contribution in [0.1, 0.15) is 42.6 Å². The SMILES string of the molecule is CC1(C)CCOc2c(C(=O)NC3CN4C(=N)N[C@@H](CNC(=O)C5CCNC5)C5NC(=N)NC54[C@@H]3O)cccc21. The number of rotatable bonds is 5. The fraction of sp³-hybridized carbons (Fsp3) is 0.615. The number of fused-ring (bicyclic) bond motifs is 1. The number of nitrogens with zero attached hydrogens (tertiary/aromatic N) is 1. The van der Waals surface area contributed by atoms with Crippen LogP contribution in [0.4, 0.5) is 0 Å². The van der Waals surface area contributed by atoms with Crippen LogP contribution in [0.15, 0.2) is 18.2 Å². The van der Waals surface area contributed by atoms with Crippen LogP contribution in [0.3, 0.4) is 0 Å². The lowest BCUT2D eigenvalue weighted by Crippen LogP contribution is -2.78. The molecular formula is C26H37N9O4. The molecule has 39 heavy (non-hydrogen) atoms. The number of guanidine groups is 2. The molecule has 0 aromatic heterocycles. The Balaban J connectivity index is 1.22. The van der Waals surface area contributed by atoms with Gasteiger partial charge in [0.2, 0.25) is 5.91 Å². The molecule has 0 aliphatic carbocycles. The minimum absolute atomic E-state index is 0.0107. The topological polar surface area (TPSA) is 187 Å². The van der Waals surface area contributed by atoms with Gasteiger partial charge in [0.15, 0.2) is 17.6 Å². The first-order valence-corrected chi connectivity index (χ1v) is 13.6. The number of carbonyl (C=O) groups is 2. The zero-order valence-corrected chi connectivity index (χ0v) is 22.2. The van der Waals surface area contributed by atoms with Crippen molar-refractivity contribution in [3.8, 4) is 5.75 Å². The first-order valence-electron chi connectivity index (χ1n) is 13.6. The Hall–Kier alpha value is -3.58. The highest BCUT2D eigenvalue weighted by Gasteiger charge is 2.66. The summed E-state index contributed by atoms with van der Waals surface area (Å²) in [5.41, 5.74) is 0.0229. The third-order valence-electron chi connectivity index (χ3n) is 8.96. The Morgan fingerprint density at radius 2 is 2.08 bits per heavy atom. The van der Waals surface area contributed by atoms with E-state index in [1.165, 1.54) is 0 Å². The van der Waals surface area contributed by atoms with Crippen LogP contribution < -0.4 is 36.6 Å². The number of para-hydroxylation sites is 1. The molecule has 6 rings (SSSR count). The van der Waals surface area contributed by atoms with Gasteiger partial charge in [-0.15, -0.1) is 0 Å². The Morgan fingerprint density at radius 1 is 1.26 bits per heavy atom. The molecule has 5 aliphatic rings. The second-order valence-electron chi connectivity index (χ2n) is 11.8. The van der Waals surface area contributed by atoms with Crippen LogP contribution in [0.25, 0.3) is 0 Å². The lowest BCUT2D eigenvalue weighted by molar-refractivity contribution is -0.124. The Kier molecular flexibility index (Phi) is 6.10. The predicted octanol–water partition coefficient (Wildman–Crippen LogP) is -1.65. The molecular weight excluding hydrogens is 502 g/mol. The lowest BCUT2D eigenvalue weighted by Gasteiger charge is -2.49. The summed E-state index contributed by atoms with van der Waals surface area (Å²) in [7, 11) is 0. The summed E-state index contributed by atoms with van der Waals surface area (Å²) >= 11 is 0. The fourth-order valence-corrected chi connectivity index (χ4v) is 6.73. The van der Waals surface area contributed by atoms with Gasteiger partial charge in [0.25, 0.3) is 5.91 Å². The first-order chi connectivity index (χ1) is 18.6. The van der Waals surface area contributed by atoms with Gasteiger partial charge in [-0.25, -0.2) is 0 Å². The molecule has 0 bridgehead atoms. The summed E-state index contributed by atoms with van der Waals surface area (Å²) in [4.78, 5) is 27.8. The summed E-state index contributed by atoms with van der Waals surface area (Å²) in [6, 6.07) is 3.80. The summed E-state index contributed by atoms with van der Waals surface area (Å²) in [6.07, 6.45) is 0.473. The average Bonchev–Trinajstić information content (AvgIpc) is 3.62. The molecule has 1 aromatic carbocycles. The van der Waals surface area contributed by atoms with Gasteiger partial charge in [-0.3, -0.25) is 20.4 Å². The van der Waals surface area contributed by atoms with Crippen molar-refractivity contribution in [2.45, 2.75) is 62.0 Å². The van der Waals surface area contributed by atoms with Crippen LogP contribution in [-0.4, -0.2) is 96.4 Å². The lowest BCUT2D eigenvalue weighted by atomic mass is 9.79. The number of ether oxygens (including phenoxy) is 1. The quantitative estimate of drug-likeness (QED) is 0.211. The van der Waals surface area contributed by atoms with E-state index in [2.05, 4.69) is 45.7 Å². The highest BCUT2D eigenvalue weighted by molar-refractivity contribution is 5.98. The van der Waals surface area contributed by atoms with Gasteiger partial charge < -0.3 is 46.6 Å². The van der Waals surface area contributed by atoms with E-state index < -0.39 is 29.9 Å². The van der Waals surface area contributed by atoms with Crippen molar-refractivity contribution >= 4 is 23.7 Å². The number of aliphatic hydroxyl groups excluding tert-OH is 1. The third-order valence-corrected chi connectivity index (χ3v) is 8.96. The average molecular weight is 540 g/mol. The smallest absolute Gasteiger partial charge is 0.255 e. The van der Waals surface area contributed by atoms with Gasteiger partial charge in [0.1, 0.15) is 11.9 Å². The van der Waals surface area contributed by atoms with E-state index in [-0.39, 0.29) is 48.2 Å². The maximum absolute atomic E-state index is 13.5. The normalized spacial score (nSPS) is 34.0. The van der Waals surface area contributed by atoms with Crippen LogP contribution in [0.5, 0.6) is 5.75 Å². The van der Waals surface area contributed by atoms with Gasteiger partial charge in [0.05, 0.1) is 36.2 Å². The number of hydrogen-bond acceptors (Lipinski definition) is 7. The Bertz CT molecular complexity index is 1220. The molecule has 0 radical (unpaired) electrons. The van der Waals surface area contributed by atoms with Crippen molar-refractivity contribution in [3.63, 3.8) is 0 Å². The van der Waals surface area contributed by atoms with E-state index in [0.717, 1.165) is 24.9 Å². The second kappa shape index (κ2) is 9.26. The standard InChI is InChI=1S/C26H37N9O4/c1-25(2)7-9-39-18-14(4-3-5-15(18)25)22(38)31-17-12-35-24(28)32-16(11-30-21(37)13-6-8-29-10-13)19-26(35,20(17)36)34-23(27)33-19/h3-5,13,16-17,19-20,29,36H,6-12H2,1-2H3,(H2,28,32)(H,30,37)(H,31,38)(H3,27,33,34)/t13?,16-,17?,19?,20+,26?/m0/s1. The zero-order chi connectivity index (χ0) is 27.5. The highest BCUT2D eigenvalue weighted by Crippen LogP contribution is 2.41. The molecule has 6 atom stereocenters. The molecule has 4 fully saturated rings. The van der Waals surface area contributed by atoms with E-state index in [1.54, 1.807) is 11.0 Å². The van der Waals surface area contributed by atoms with E-state index in [1.807, 2.05) is 12.1 Å². The molecule has 5 heterocycles. The van der Waals surface area contributed by atoms with Crippen molar-refractivity contribution < 1.29 is 19.4 Å². The zero-order valence-electron chi connectivity index (χ0n) is 22.2. The third kappa shape index (κ3) is 4.06. The van der Waals surface area contributed by atoms with Crippen LogP contribution in [0.2, 0.25) is 0 Å². The molecule has 4 unspecified atom stereocenters. The van der Waals surface area contributed by atoms with E-state index in [0.29, 0.717) is 24.5 Å². The number of carbonyl (C=O) groups excluding carboxylic acids is 2. The maximum atomic E-state index is 13.5. The van der Waals surface area contributed by atoms with E-state index in [9.17, 15) is 14.7 Å². The van der Waals surface area contributed by atoms with Crippen molar-refractivity contribution in [2.24, 2.45) is 5.92 Å². The molecule has 5 aliphatic heterocycles. The molecule has 4 saturated heterocycles. The Labute approximate surface area is 226 Å². The number of benzene rings is 1. The largest absolute Gasteiger partial charge is 0.492 e. The molecule has 2 amide bonds. The molecule has 1 aromatic rings. The number of aliphatic hydroxyl groups is 1. The number of amides is 2. The summed E-state index contributed by atoms with van der Waals surface area (Å²) < 4.78 is 5.93. The minimum atomic E-state index is -1.24. The fourth-order valence-electron chi connectivity index (χ4n) is 6.73. The van der Waals surface area contributed by atoms with E-state index in [4.69, 9.17) is 15.6 Å². The van der Waals surface area contributed by atoms with E-state index >= 15 is 0 Å². The monoisotopic (exact) mass is 539 g/mol. The van der Waals surface area contributed by atoms with Gasteiger partial charge in [-0.1, -0.05) is 26.0 Å². The van der Waals surface area contributed by atoms with Crippen LogP contribution in [-0.2, 0) is 10.2 Å². The van der Waals surface area contributed by atoms with Crippen molar-refractivity contribution in [1.29, 1.82) is 10.8 Å². The molecule has 1 spiro atoms. The Morgan fingerprint density at radius 3 is 2.85 bits per heavy atom. The number of hydrogen-bond donors (Lipinski definition) is 9. The molecule has 210 valence electrons. The maximum Gasteiger partial charge on any atom is 0.255 e. The second-order valence-corrected chi connectivity index (χ2v) is 11.8. The molecule has 9 N–H and O–H groups in total. The van der Waals surface area contributed by atoms with Crippen molar-refractivity contribution in [3.05, 3.63) is 29.3 Å². The van der Waals surface area contributed by atoms with Crippen LogP contribution in [0, 0.1) is 16.7 Å². The van der Waals surface area contributed by atoms with Crippen molar-refractivity contribution in [1.82, 2.24) is 36.8 Å². The van der Waals surface area contributed by atoms with Crippen molar-refractivity contribution in [2.75, 3.05) is 32.8 Å². The first kappa shape index (κ1) is 25.7. The summed E-state index contributed by atoms with van der Waals surface area (Å²) in [5, 5.41) is 47.1. The highest BCUT2D eigenvalue weighted by atomic mass is 16.5. The minimum Gasteiger partial charge on any atom is -0.492 e. The van der Waals surface area contributed by atoms with Gasteiger partial charge >= 0.3 is 0 Å². The van der Waals surface area contributed by atoms with Crippen LogP contribution >= 0.6 is 0 Å².